The van der Waals surface area contributed by atoms with E-state index in [2.05, 4.69) is 27.8 Å². The van der Waals surface area contributed by atoms with Crippen molar-refractivity contribution in [3.63, 3.8) is 0 Å². The Morgan fingerprint density at radius 3 is 3.05 bits per heavy atom. The lowest BCUT2D eigenvalue weighted by atomic mass is 10.1. The average molecular weight is 335 g/mol. The van der Waals surface area contributed by atoms with Crippen molar-refractivity contribution in [2.24, 2.45) is 0 Å². The fraction of sp³-hybridized carbons (Fsp3) is 0.143. The van der Waals surface area contributed by atoms with Crippen LogP contribution in [0.25, 0.3) is 10.1 Å². The van der Waals surface area contributed by atoms with Crippen molar-refractivity contribution >= 4 is 43.1 Å². The molecular formula is C14H11BrN2OS. The van der Waals surface area contributed by atoms with Gasteiger partial charge in [0.2, 0.25) is 0 Å². The van der Waals surface area contributed by atoms with Gasteiger partial charge < -0.3 is 4.57 Å². The van der Waals surface area contributed by atoms with Gasteiger partial charge in [-0.3, -0.25) is 4.79 Å². The van der Waals surface area contributed by atoms with Crippen molar-refractivity contribution in [3.8, 4) is 0 Å². The van der Waals surface area contributed by atoms with Gasteiger partial charge in [0.15, 0.2) is 5.78 Å². The first kappa shape index (κ1) is 12.6. The Morgan fingerprint density at radius 1 is 1.47 bits per heavy atom. The predicted molar refractivity (Wildman–Crippen MR) is 80.8 cm³/mol. The Hall–Kier alpha value is -1.46. The second kappa shape index (κ2) is 4.90. The van der Waals surface area contributed by atoms with Crippen LogP contribution in [0.15, 0.2) is 40.7 Å². The smallest absolute Gasteiger partial charge is 0.182 e. The van der Waals surface area contributed by atoms with Crippen LogP contribution in [0.3, 0.4) is 0 Å². The first-order chi connectivity index (χ1) is 9.15. The number of Topliss-reactive ketones (excluding diaryl/α,β-unsaturated/α-hetero) is 1. The molecule has 2 heterocycles. The summed E-state index contributed by atoms with van der Waals surface area (Å²) in [5, 5.41) is 1.20. The Morgan fingerprint density at radius 2 is 2.32 bits per heavy atom. The molecule has 3 nitrogen and oxygen atoms in total. The summed E-state index contributed by atoms with van der Waals surface area (Å²) < 4.78 is 4.05. The Kier molecular flexibility index (Phi) is 3.24. The Bertz CT molecular complexity index is 746. The third-order valence-electron chi connectivity index (χ3n) is 3.09. The van der Waals surface area contributed by atoms with Crippen LogP contribution in [0.4, 0.5) is 0 Å². The Labute approximate surface area is 123 Å². The van der Waals surface area contributed by atoms with Crippen LogP contribution in [0.1, 0.15) is 15.9 Å². The second-order valence-corrected chi connectivity index (χ2v) is 6.74. The number of fused-ring (bicyclic) bond motifs is 1. The maximum Gasteiger partial charge on any atom is 0.182 e. The van der Waals surface area contributed by atoms with E-state index in [1.807, 2.05) is 18.2 Å². The van der Waals surface area contributed by atoms with Gasteiger partial charge in [-0.2, -0.15) is 0 Å². The number of hydrogen-bond donors (Lipinski definition) is 0. The molecule has 5 heteroatoms. The summed E-state index contributed by atoms with van der Waals surface area (Å²) in [6.07, 6.45) is 5.13. The van der Waals surface area contributed by atoms with Crippen LogP contribution >= 0.6 is 27.3 Å². The summed E-state index contributed by atoms with van der Waals surface area (Å²) in [5.41, 5.74) is 1.98. The topological polar surface area (TPSA) is 34.9 Å². The van der Waals surface area contributed by atoms with E-state index >= 15 is 0 Å². The molecule has 1 aromatic carbocycles. The highest BCUT2D eigenvalue weighted by atomic mass is 79.9. The third-order valence-corrected chi connectivity index (χ3v) is 5.21. The maximum absolute atomic E-state index is 12.2. The van der Waals surface area contributed by atoms with Crippen molar-refractivity contribution in [2.45, 2.75) is 13.5 Å². The number of nitrogens with zero attached hydrogens (tertiary/aromatic N) is 2. The molecule has 0 saturated carbocycles. The van der Waals surface area contributed by atoms with E-state index in [1.54, 1.807) is 34.6 Å². The molecule has 0 radical (unpaired) electrons. The van der Waals surface area contributed by atoms with Crippen LogP contribution < -0.4 is 0 Å². The molecule has 0 atom stereocenters. The van der Waals surface area contributed by atoms with Crippen molar-refractivity contribution in [3.05, 3.63) is 51.8 Å². The number of ketones is 1. The zero-order chi connectivity index (χ0) is 13.4. The largest absolute Gasteiger partial charge is 0.330 e. The number of imidazole rings is 1. The number of thiophene rings is 1. The van der Waals surface area contributed by atoms with E-state index in [4.69, 9.17) is 0 Å². The summed E-state index contributed by atoms with van der Waals surface area (Å²) in [6.45, 7) is 2.41. The number of hydrogen-bond acceptors (Lipinski definition) is 3. The van der Waals surface area contributed by atoms with Gasteiger partial charge in [-0.15, -0.1) is 11.3 Å². The molecule has 0 N–H and O–H groups in total. The highest BCUT2D eigenvalue weighted by Gasteiger charge is 2.11. The maximum atomic E-state index is 12.2. The van der Waals surface area contributed by atoms with E-state index in [1.165, 1.54) is 10.9 Å². The molecular weight excluding hydrogens is 324 g/mol. The van der Waals surface area contributed by atoms with E-state index in [0.717, 1.165) is 14.0 Å². The summed E-state index contributed by atoms with van der Waals surface area (Å²) in [7, 11) is 0. The van der Waals surface area contributed by atoms with Crippen molar-refractivity contribution in [1.82, 2.24) is 9.55 Å². The van der Waals surface area contributed by atoms with E-state index in [0.29, 0.717) is 6.54 Å². The zero-order valence-electron chi connectivity index (χ0n) is 10.3. The highest BCUT2D eigenvalue weighted by Crippen LogP contribution is 2.35. The van der Waals surface area contributed by atoms with Gasteiger partial charge in [0.1, 0.15) is 0 Å². The van der Waals surface area contributed by atoms with Gasteiger partial charge in [-0.25, -0.2) is 4.98 Å². The van der Waals surface area contributed by atoms with Crippen LogP contribution in [-0.2, 0) is 6.54 Å². The first-order valence-electron chi connectivity index (χ1n) is 5.83. The van der Waals surface area contributed by atoms with Gasteiger partial charge in [-0.1, -0.05) is 12.1 Å². The van der Waals surface area contributed by atoms with Crippen molar-refractivity contribution in [2.75, 3.05) is 0 Å². The molecule has 0 saturated heterocycles. The van der Waals surface area contributed by atoms with Gasteiger partial charge in [-0.05, 0) is 39.9 Å². The molecule has 0 spiro atoms. The second-order valence-electron chi connectivity index (χ2n) is 4.37. The first-order valence-corrected chi connectivity index (χ1v) is 7.43. The monoisotopic (exact) mass is 334 g/mol. The molecule has 19 heavy (non-hydrogen) atoms. The summed E-state index contributed by atoms with van der Waals surface area (Å²) in [4.78, 5) is 16.1. The molecule has 0 fully saturated rings. The minimum absolute atomic E-state index is 0.0991. The van der Waals surface area contributed by atoms with E-state index in [9.17, 15) is 4.79 Å². The summed E-state index contributed by atoms with van der Waals surface area (Å²) in [5.74, 6) is 0.0991. The number of carbonyl (C=O) groups is 1. The van der Waals surface area contributed by atoms with Crippen LogP contribution in [0.5, 0.6) is 0 Å². The fourth-order valence-electron chi connectivity index (χ4n) is 2.01. The van der Waals surface area contributed by atoms with E-state index in [-0.39, 0.29) is 5.78 Å². The number of benzene rings is 1. The van der Waals surface area contributed by atoms with Gasteiger partial charge >= 0.3 is 0 Å². The molecule has 2 aromatic heterocycles. The van der Waals surface area contributed by atoms with Gasteiger partial charge in [0.05, 0.1) is 16.7 Å². The fourth-order valence-corrected chi connectivity index (χ4v) is 3.72. The number of halogens is 1. The molecule has 3 rings (SSSR count). The lowest BCUT2D eigenvalue weighted by Crippen LogP contribution is -2.08. The zero-order valence-corrected chi connectivity index (χ0v) is 12.7. The lowest BCUT2D eigenvalue weighted by Gasteiger charge is -2.02. The summed E-state index contributed by atoms with van der Waals surface area (Å²) >= 11 is 5.20. The quantitative estimate of drug-likeness (QED) is 0.677. The number of rotatable bonds is 3. The van der Waals surface area contributed by atoms with Crippen LogP contribution in [-0.4, -0.2) is 15.3 Å². The number of aromatic nitrogens is 2. The number of carbonyl (C=O) groups excluding carboxylic acids is 1. The molecule has 0 aliphatic carbocycles. The molecule has 96 valence electrons. The molecule has 0 unspecified atom stereocenters. The predicted octanol–water partition coefficient (Wildman–Crippen LogP) is 4.05. The van der Waals surface area contributed by atoms with Crippen molar-refractivity contribution < 1.29 is 4.79 Å². The summed E-state index contributed by atoms with van der Waals surface area (Å²) in [6, 6.07) is 5.89. The van der Waals surface area contributed by atoms with Crippen LogP contribution in [0.2, 0.25) is 0 Å². The van der Waals surface area contributed by atoms with Crippen LogP contribution in [0, 0.1) is 6.92 Å². The standard InChI is InChI=1S/C14H11BrN2OS/c1-9-11-3-2-10(6-13(11)19-14(9)15)12(18)7-17-5-4-16-8-17/h2-6,8H,7H2,1H3. The molecule has 0 amide bonds. The normalized spacial score (nSPS) is 11.1. The lowest BCUT2D eigenvalue weighted by molar-refractivity contribution is 0.0972. The van der Waals surface area contributed by atoms with E-state index < -0.39 is 0 Å². The molecule has 3 aromatic rings. The Balaban J connectivity index is 1.95. The molecule has 0 aliphatic rings. The molecule has 0 bridgehead atoms. The average Bonchev–Trinajstić information content (AvgIpc) is 2.99. The number of aryl methyl sites for hydroxylation is 1. The van der Waals surface area contributed by atoms with Gasteiger partial charge in [0, 0.05) is 22.7 Å². The highest BCUT2D eigenvalue weighted by molar-refractivity contribution is 9.11. The molecule has 0 aliphatic heterocycles. The minimum Gasteiger partial charge on any atom is -0.330 e. The SMILES string of the molecule is Cc1c(Br)sc2cc(C(=O)Cn3ccnc3)ccc12. The van der Waals surface area contributed by atoms with Crippen molar-refractivity contribution in [1.29, 1.82) is 0 Å². The third kappa shape index (κ3) is 2.35. The van der Waals surface area contributed by atoms with Gasteiger partial charge in [0.25, 0.3) is 0 Å². The minimum atomic E-state index is 0.0991.